The summed E-state index contributed by atoms with van der Waals surface area (Å²) in [6.07, 6.45) is 2.11. The number of aromatic nitrogens is 1. The summed E-state index contributed by atoms with van der Waals surface area (Å²) in [7, 11) is 1.40. The van der Waals surface area contributed by atoms with Crippen molar-refractivity contribution in [3.63, 3.8) is 0 Å². The lowest BCUT2D eigenvalue weighted by Gasteiger charge is -2.36. The molecule has 0 radical (unpaired) electrons. The fourth-order valence-electron chi connectivity index (χ4n) is 2.98. The molecule has 0 spiro atoms. The maximum Gasteiger partial charge on any atom is 0.309 e. The highest BCUT2D eigenvalue weighted by atomic mass is 32.1. The van der Waals surface area contributed by atoms with Gasteiger partial charge in [0.25, 0.3) is 0 Å². The van der Waals surface area contributed by atoms with Gasteiger partial charge < -0.3 is 15.0 Å². The number of methoxy groups -OCH3 is 1. The number of carbonyl (C=O) groups excluding carboxylic acids is 1. The van der Waals surface area contributed by atoms with Crippen molar-refractivity contribution in [3.8, 4) is 0 Å². The predicted octanol–water partition coefficient (Wildman–Crippen LogP) is 2.31. The van der Waals surface area contributed by atoms with Crippen molar-refractivity contribution in [2.24, 2.45) is 0 Å². The van der Waals surface area contributed by atoms with E-state index < -0.39 is 0 Å². The van der Waals surface area contributed by atoms with Crippen molar-refractivity contribution in [2.75, 3.05) is 38.6 Å². The summed E-state index contributed by atoms with van der Waals surface area (Å²) in [5.74, 6) is -0.241. The Kier molecular flexibility index (Phi) is 6.73. The number of anilines is 1. The molecule has 1 fully saturated rings. The largest absolute Gasteiger partial charge is 0.469 e. The molecule has 2 aromatic rings. The van der Waals surface area contributed by atoms with Crippen LogP contribution in [0.4, 0.5) is 5.69 Å². The summed E-state index contributed by atoms with van der Waals surface area (Å²) in [5, 5.41) is 4.01. The Balaban J connectivity index is 1.46. The van der Waals surface area contributed by atoms with E-state index in [0.29, 0.717) is 0 Å². The van der Waals surface area contributed by atoms with Crippen LogP contribution in [0.2, 0.25) is 0 Å². The Hall–Kier alpha value is -2.51. The summed E-state index contributed by atoms with van der Waals surface area (Å²) in [4.78, 5) is 20.3. The molecule has 0 atom stereocenters. The van der Waals surface area contributed by atoms with Crippen LogP contribution < -0.4 is 5.32 Å². The molecule has 0 unspecified atom stereocenters. The Morgan fingerprint density at radius 3 is 2.52 bits per heavy atom. The molecule has 1 saturated heterocycles. The number of hydrogen-bond acceptors (Lipinski definition) is 5. The van der Waals surface area contributed by atoms with Crippen LogP contribution in [0.5, 0.6) is 0 Å². The molecule has 1 aliphatic heterocycles. The number of carbonyl (C=O) groups is 1. The molecule has 0 amide bonds. The van der Waals surface area contributed by atoms with Crippen molar-refractivity contribution in [1.29, 1.82) is 0 Å². The van der Waals surface area contributed by atoms with Crippen molar-refractivity contribution < 1.29 is 9.53 Å². The van der Waals surface area contributed by atoms with E-state index in [1.807, 2.05) is 42.6 Å². The highest BCUT2D eigenvalue weighted by molar-refractivity contribution is 7.80. The standard InChI is InChI=1S/C20H24N4O2S/c1-26-19(25)14-16-5-7-17(8-6-16)22-20(27)24-12-10-23(11-13-24)15-18-4-2-3-9-21-18/h2-9H,10-15H2,1H3,(H,22,27). The number of ether oxygens (including phenoxy) is 1. The minimum Gasteiger partial charge on any atom is -0.469 e. The van der Waals surface area contributed by atoms with Crippen LogP contribution >= 0.6 is 12.2 Å². The Morgan fingerprint density at radius 2 is 1.89 bits per heavy atom. The first-order valence-electron chi connectivity index (χ1n) is 8.98. The lowest BCUT2D eigenvalue weighted by Crippen LogP contribution is -2.49. The van der Waals surface area contributed by atoms with E-state index >= 15 is 0 Å². The predicted molar refractivity (Wildman–Crippen MR) is 109 cm³/mol. The van der Waals surface area contributed by atoms with Gasteiger partial charge in [-0.2, -0.15) is 0 Å². The third kappa shape index (κ3) is 5.74. The molecular weight excluding hydrogens is 360 g/mol. The highest BCUT2D eigenvalue weighted by Crippen LogP contribution is 2.13. The summed E-state index contributed by atoms with van der Waals surface area (Å²) >= 11 is 5.56. The number of nitrogens with one attached hydrogen (secondary N) is 1. The molecule has 0 bridgehead atoms. The number of esters is 1. The molecule has 1 aliphatic rings. The zero-order valence-electron chi connectivity index (χ0n) is 15.4. The Bertz CT molecular complexity index is 759. The molecule has 1 aromatic heterocycles. The van der Waals surface area contributed by atoms with E-state index in [0.717, 1.165) is 54.8 Å². The van der Waals surface area contributed by atoms with Gasteiger partial charge in [0.2, 0.25) is 0 Å². The summed E-state index contributed by atoms with van der Waals surface area (Å²) in [6, 6.07) is 13.7. The van der Waals surface area contributed by atoms with Gasteiger partial charge in [-0.1, -0.05) is 18.2 Å². The molecule has 2 heterocycles. The van der Waals surface area contributed by atoms with Crippen LogP contribution in [0.1, 0.15) is 11.3 Å². The second-order valence-electron chi connectivity index (χ2n) is 6.46. The van der Waals surface area contributed by atoms with Gasteiger partial charge in [0.1, 0.15) is 0 Å². The zero-order chi connectivity index (χ0) is 19.1. The summed E-state index contributed by atoms with van der Waals surface area (Å²) < 4.78 is 4.68. The van der Waals surface area contributed by atoms with E-state index in [-0.39, 0.29) is 12.4 Å². The summed E-state index contributed by atoms with van der Waals surface area (Å²) in [6.45, 7) is 4.56. The molecule has 7 heteroatoms. The molecule has 0 saturated carbocycles. The van der Waals surface area contributed by atoms with Crippen LogP contribution in [-0.4, -0.2) is 59.2 Å². The van der Waals surface area contributed by atoms with Crippen LogP contribution in [0, 0.1) is 0 Å². The lowest BCUT2D eigenvalue weighted by molar-refractivity contribution is -0.139. The quantitative estimate of drug-likeness (QED) is 0.627. The van der Waals surface area contributed by atoms with Gasteiger partial charge in [-0.15, -0.1) is 0 Å². The van der Waals surface area contributed by atoms with Gasteiger partial charge in [0.05, 0.1) is 19.2 Å². The van der Waals surface area contributed by atoms with Gasteiger partial charge in [-0.25, -0.2) is 0 Å². The van der Waals surface area contributed by atoms with Crippen LogP contribution in [0.25, 0.3) is 0 Å². The molecular formula is C20H24N4O2S. The highest BCUT2D eigenvalue weighted by Gasteiger charge is 2.19. The second kappa shape index (κ2) is 9.43. The van der Waals surface area contributed by atoms with E-state index in [1.165, 1.54) is 7.11 Å². The van der Waals surface area contributed by atoms with E-state index in [9.17, 15) is 4.79 Å². The third-order valence-corrected chi connectivity index (χ3v) is 4.91. The zero-order valence-corrected chi connectivity index (χ0v) is 16.2. The molecule has 27 heavy (non-hydrogen) atoms. The maximum atomic E-state index is 11.3. The number of piperazine rings is 1. The first-order valence-corrected chi connectivity index (χ1v) is 9.39. The average molecular weight is 385 g/mol. The van der Waals surface area contributed by atoms with Crippen LogP contribution in [0.3, 0.4) is 0 Å². The van der Waals surface area contributed by atoms with Crippen LogP contribution in [-0.2, 0) is 22.5 Å². The minimum absolute atomic E-state index is 0.241. The van der Waals surface area contributed by atoms with Crippen molar-refractivity contribution in [2.45, 2.75) is 13.0 Å². The first kappa shape index (κ1) is 19.3. The van der Waals surface area contributed by atoms with E-state index in [4.69, 9.17) is 12.2 Å². The normalized spacial score (nSPS) is 14.6. The number of pyridine rings is 1. The van der Waals surface area contributed by atoms with Gasteiger partial charge >= 0.3 is 5.97 Å². The van der Waals surface area contributed by atoms with Gasteiger partial charge in [-0.3, -0.25) is 14.7 Å². The van der Waals surface area contributed by atoms with Crippen LogP contribution in [0.15, 0.2) is 48.7 Å². The number of benzene rings is 1. The first-order chi connectivity index (χ1) is 13.1. The topological polar surface area (TPSA) is 57.7 Å². The molecule has 6 nitrogen and oxygen atoms in total. The molecule has 3 rings (SSSR count). The number of nitrogens with zero attached hydrogens (tertiary/aromatic N) is 3. The maximum absolute atomic E-state index is 11.3. The van der Waals surface area contributed by atoms with Gasteiger partial charge in [-0.05, 0) is 42.0 Å². The number of rotatable bonds is 5. The van der Waals surface area contributed by atoms with Gasteiger partial charge in [0, 0.05) is 44.6 Å². The SMILES string of the molecule is COC(=O)Cc1ccc(NC(=S)N2CCN(Cc3ccccn3)CC2)cc1. The summed E-state index contributed by atoms with van der Waals surface area (Å²) in [5.41, 5.74) is 2.93. The monoisotopic (exact) mass is 384 g/mol. The Morgan fingerprint density at radius 1 is 1.15 bits per heavy atom. The fourth-order valence-corrected chi connectivity index (χ4v) is 3.28. The smallest absolute Gasteiger partial charge is 0.309 e. The number of hydrogen-bond donors (Lipinski definition) is 1. The molecule has 142 valence electrons. The van der Waals surface area contributed by atoms with E-state index in [1.54, 1.807) is 0 Å². The van der Waals surface area contributed by atoms with Crippen molar-refractivity contribution >= 4 is 29.0 Å². The average Bonchev–Trinajstić information content (AvgIpc) is 2.70. The molecule has 0 aliphatic carbocycles. The lowest BCUT2D eigenvalue weighted by atomic mass is 10.1. The third-order valence-electron chi connectivity index (χ3n) is 4.55. The van der Waals surface area contributed by atoms with Crippen molar-refractivity contribution in [3.05, 3.63) is 59.9 Å². The second-order valence-corrected chi connectivity index (χ2v) is 6.85. The minimum atomic E-state index is -0.241. The molecule has 1 N–H and O–H groups in total. The van der Waals surface area contributed by atoms with Crippen molar-refractivity contribution in [1.82, 2.24) is 14.8 Å². The van der Waals surface area contributed by atoms with E-state index in [2.05, 4.69) is 30.9 Å². The molecule has 1 aromatic carbocycles. The fraction of sp³-hybridized carbons (Fsp3) is 0.350. The van der Waals surface area contributed by atoms with Gasteiger partial charge in [0.15, 0.2) is 5.11 Å². The Labute approximate surface area is 165 Å². The number of thiocarbonyl (C=S) groups is 1.